The maximum Gasteiger partial charge on any atom is 0.246 e. The smallest absolute Gasteiger partial charge is 0.246 e. The van der Waals surface area contributed by atoms with Crippen LogP contribution in [0.5, 0.6) is 0 Å². The van der Waals surface area contributed by atoms with Gasteiger partial charge < -0.3 is 20.4 Å². The van der Waals surface area contributed by atoms with E-state index in [1.54, 1.807) is 9.80 Å². The normalized spacial score (nSPS) is 22.4. The highest BCUT2D eigenvalue weighted by Crippen LogP contribution is 2.42. The van der Waals surface area contributed by atoms with Gasteiger partial charge in [0.05, 0.1) is 0 Å². The van der Waals surface area contributed by atoms with E-state index >= 15 is 4.79 Å². The second-order valence-electron chi connectivity index (χ2n) is 12.2. The number of hydrogen-bond acceptors (Lipinski definition) is 4. The lowest BCUT2D eigenvalue weighted by atomic mass is 9.68. The van der Waals surface area contributed by atoms with E-state index in [4.69, 9.17) is 0 Å². The van der Waals surface area contributed by atoms with Gasteiger partial charge in [-0.2, -0.15) is 0 Å². The number of likely N-dealkylation sites (tertiary alicyclic amines) is 2. The Bertz CT molecular complexity index is 1300. The lowest BCUT2D eigenvalue weighted by molar-refractivity contribution is -0.147. The molecule has 3 amide bonds. The predicted octanol–water partition coefficient (Wildman–Crippen LogP) is 4.12. The molecule has 0 radical (unpaired) electrons. The van der Waals surface area contributed by atoms with E-state index in [9.17, 15) is 9.59 Å². The molecule has 43 heavy (non-hydrogen) atoms. The summed E-state index contributed by atoms with van der Waals surface area (Å²) in [5, 5.41) is 6.54. The van der Waals surface area contributed by atoms with Crippen molar-refractivity contribution in [2.24, 2.45) is 5.92 Å². The molecule has 7 heteroatoms. The van der Waals surface area contributed by atoms with Crippen LogP contribution in [0.3, 0.4) is 0 Å². The highest BCUT2D eigenvalue weighted by molar-refractivity contribution is 6.00. The van der Waals surface area contributed by atoms with Crippen LogP contribution in [0.2, 0.25) is 0 Å². The van der Waals surface area contributed by atoms with E-state index < -0.39 is 17.5 Å². The monoisotopic (exact) mass is 578 g/mol. The predicted molar refractivity (Wildman–Crippen MR) is 167 cm³/mol. The Kier molecular flexibility index (Phi) is 8.89. The molecule has 3 aromatic rings. The SMILES string of the molecule is O=C(NC[C@H]1CCCNC1)[C@H]1CCCN1C(=O)[C@@H]1CCCN1C(=O)C(c1ccccc1)(c1ccccc1)c1ccccc1. The second-order valence-corrected chi connectivity index (χ2v) is 12.2. The minimum absolute atomic E-state index is 0.0699. The number of carbonyl (C=O) groups is 3. The number of nitrogens with zero attached hydrogens (tertiary/aromatic N) is 2. The highest BCUT2D eigenvalue weighted by Gasteiger charge is 2.51. The van der Waals surface area contributed by atoms with Crippen molar-refractivity contribution in [3.8, 4) is 0 Å². The van der Waals surface area contributed by atoms with Crippen LogP contribution in [-0.2, 0) is 19.8 Å². The summed E-state index contributed by atoms with van der Waals surface area (Å²) < 4.78 is 0. The summed E-state index contributed by atoms with van der Waals surface area (Å²) in [4.78, 5) is 46.3. The fourth-order valence-electron chi connectivity index (χ4n) is 7.37. The number of hydrogen-bond donors (Lipinski definition) is 2. The third kappa shape index (κ3) is 5.70. The first-order valence-corrected chi connectivity index (χ1v) is 15.9. The summed E-state index contributed by atoms with van der Waals surface area (Å²) >= 11 is 0. The van der Waals surface area contributed by atoms with Gasteiger partial charge in [-0.25, -0.2) is 0 Å². The Morgan fingerprint density at radius 2 is 1.23 bits per heavy atom. The van der Waals surface area contributed by atoms with E-state index in [1.807, 2.05) is 91.0 Å². The molecular formula is C36H42N4O3. The van der Waals surface area contributed by atoms with Crippen LogP contribution < -0.4 is 10.6 Å². The zero-order chi connectivity index (χ0) is 29.6. The summed E-state index contributed by atoms with van der Waals surface area (Å²) in [6.07, 6.45) is 5.01. The molecular weight excluding hydrogens is 536 g/mol. The molecule has 0 spiro atoms. The van der Waals surface area contributed by atoms with Gasteiger partial charge >= 0.3 is 0 Å². The molecule has 2 N–H and O–H groups in total. The van der Waals surface area contributed by atoms with Crippen LogP contribution in [0.1, 0.15) is 55.2 Å². The van der Waals surface area contributed by atoms with Crippen LogP contribution in [0.15, 0.2) is 91.0 Å². The Hall–Kier alpha value is -3.97. The van der Waals surface area contributed by atoms with Crippen molar-refractivity contribution in [2.75, 3.05) is 32.7 Å². The van der Waals surface area contributed by atoms with E-state index in [0.717, 1.165) is 55.5 Å². The second kappa shape index (κ2) is 13.1. The Morgan fingerprint density at radius 3 is 1.77 bits per heavy atom. The Morgan fingerprint density at radius 1 is 0.698 bits per heavy atom. The van der Waals surface area contributed by atoms with Crippen molar-refractivity contribution in [2.45, 2.75) is 56.0 Å². The molecule has 3 atom stereocenters. The molecule has 3 aromatic carbocycles. The fourth-order valence-corrected chi connectivity index (χ4v) is 7.37. The summed E-state index contributed by atoms with van der Waals surface area (Å²) in [5.74, 6) is 0.149. The molecule has 3 aliphatic heterocycles. The van der Waals surface area contributed by atoms with E-state index in [2.05, 4.69) is 10.6 Å². The number of carbonyl (C=O) groups excluding carboxylic acids is 3. The minimum Gasteiger partial charge on any atom is -0.354 e. The average Bonchev–Trinajstić information content (AvgIpc) is 3.77. The van der Waals surface area contributed by atoms with Gasteiger partial charge in [0.2, 0.25) is 17.7 Å². The molecule has 6 rings (SSSR count). The number of nitrogens with one attached hydrogen (secondary N) is 2. The topological polar surface area (TPSA) is 81.8 Å². The van der Waals surface area contributed by atoms with Gasteiger partial charge in [0, 0.05) is 19.6 Å². The van der Waals surface area contributed by atoms with Gasteiger partial charge in [0.1, 0.15) is 17.5 Å². The first kappa shape index (κ1) is 29.1. The van der Waals surface area contributed by atoms with Crippen LogP contribution >= 0.6 is 0 Å². The maximum absolute atomic E-state index is 15.2. The molecule has 7 nitrogen and oxygen atoms in total. The van der Waals surface area contributed by atoms with Crippen molar-refractivity contribution in [3.05, 3.63) is 108 Å². The van der Waals surface area contributed by atoms with Gasteiger partial charge in [-0.1, -0.05) is 91.0 Å². The summed E-state index contributed by atoms with van der Waals surface area (Å²) in [7, 11) is 0. The molecule has 3 aliphatic rings. The van der Waals surface area contributed by atoms with Crippen molar-refractivity contribution in [3.63, 3.8) is 0 Å². The van der Waals surface area contributed by atoms with Crippen molar-refractivity contribution in [1.29, 1.82) is 0 Å². The number of benzene rings is 3. The molecule has 3 saturated heterocycles. The lowest BCUT2D eigenvalue weighted by Crippen LogP contribution is -2.56. The van der Waals surface area contributed by atoms with Gasteiger partial charge in [-0.3, -0.25) is 14.4 Å². The number of rotatable bonds is 8. The van der Waals surface area contributed by atoms with Crippen LogP contribution in [-0.4, -0.2) is 72.3 Å². The third-order valence-electron chi connectivity index (χ3n) is 9.54. The molecule has 0 bridgehead atoms. The standard InChI is InChI=1S/C36H42N4O3/c41-33(38-26-27-13-10-22-37-25-27)31-20-11-23-39(31)34(42)32-21-12-24-40(32)35(43)36(28-14-4-1-5-15-28,29-16-6-2-7-17-29)30-18-8-3-9-19-30/h1-9,14-19,27,31-32,37H,10-13,20-26H2,(H,38,41)/t27-,31+,32-/m0/s1. The summed E-state index contributed by atoms with van der Waals surface area (Å²) in [5.41, 5.74) is 1.48. The van der Waals surface area contributed by atoms with Crippen LogP contribution in [0.25, 0.3) is 0 Å². The van der Waals surface area contributed by atoms with E-state index in [1.165, 1.54) is 0 Å². The zero-order valence-corrected chi connectivity index (χ0v) is 24.8. The van der Waals surface area contributed by atoms with E-state index in [-0.39, 0.29) is 17.7 Å². The molecule has 224 valence electrons. The average molecular weight is 579 g/mol. The Balaban J connectivity index is 1.30. The molecule has 3 fully saturated rings. The first-order valence-electron chi connectivity index (χ1n) is 15.9. The summed E-state index contributed by atoms with van der Waals surface area (Å²) in [6.45, 7) is 3.63. The van der Waals surface area contributed by atoms with E-state index in [0.29, 0.717) is 38.4 Å². The van der Waals surface area contributed by atoms with Crippen LogP contribution in [0.4, 0.5) is 0 Å². The number of amides is 3. The van der Waals surface area contributed by atoms with Gasteiger partial charge in [0.15, 0.2) is 0 Å². The third-order valence-corrected chi connectivity index (χ3v) is 9.54. The zero-order valence-electron chi connectivity index (χ0n) is 24.8. The first-order chi connectivity index (χ1) is 21.1. The number of piperidine rings is 1. The molecule has 0 aliphatic carbocycles. The van der Waals surface area contributed by atoms with Gasteiger partial charge in [-0.15, -0.1) is 0 Å². The molecule has 3 heterocycles. The fraction of sp³-hybridized carbons (Fsp3) is 0.417. The van der Waals surface area contributed by atoms with Crippen molar-refractivity contribution >= 4 is 17.7 Å². The van der Waals surface area contributed by atoms with Crippen molar-refractivity contribution < 1.29 is 14.4 Å². The Labute approximate surface area is 254 Å². The maximum atomic E-state index is 15.2. The molecule has 0 unspecified atom stereocenters. The highest BCUT2D eigenvalue weighted by atomic mass is 16.2. The summed E-state index contributed by atoms with van der Waals surface area (Å²) in [6, 6.07) is 28.6. The molecule has 0 aromatic heterocycles. The van der Waals surface area contributed by atoms with Crippen molar-refractivity contribution in [1.82, 2.24) is 20.4 Å². The quantitative estimate of drug-likeness (QED) is 0.394. The van der Waals surface area contributed by atoms with Crippen LogP contribution in [0, 0.1) is 5.92 Å². The van der Waals surface area contributed by atoms with Gasteiger partial charge in [0.25, 0.3) is 0 Å². The van der Waals surface area contributed by atoms with Gasteiger partial charge in [-0.05, 0) is 74.2 Å². The lowest BCUT2D eigenvalue weighted by Gasteiger charge is -2.40. The largest absolute Gasteiger partial charge is 0.354 e. The minimum atomic E-state index is -1.12. The molecule has 0 saturated carbocycles.